The third kappa shape index (κ3) is 8.61. The number of azide groups is 1. The lowest BCUT2D eigenvalue weighted by Gasteiger charge is -2.31. The molecule has 12 nitrogen and oxygen atoms in total. The summed E-state index contributed by atoms with van der Waals surface area (Å²) in [5.74, 6) is -0.946. The summed E-state index contributed by atoms with van der Waals surface area (Å²) in [4.78, 5) is 22.2. The molecule has 14 heteroatoms. The quantitative estimate of drug-likeness (QED) is 0.0469. The van der Waals surface area contributed by atoms with Crippen molar-refractivity contribution in [1.29, 1.82) is 0 Å². The molecule has 0 aliphatic carbocycles. The van der Waals surface area contributed by atoms with Gasteiger partial charge in [0.1, 0.15) is 11.6 Å². The number of benzene rings is 4. The van der Waals surface area contributed by atoms with Gasteiger partial charge < -0.3 is 14.6 Å². The summed E-state index contributed by atoms with van der Waals surface area (Å²) in [5, 5.41) is 12.8. The molecule has 0 spiro atoms. The topological polar surface area (TPSA) is 175 Å². The molecule has 2 atom stereocenters. The van der Waals surface area contributed by atoms with Gasteiger partial charge in [0.25, 0.3) is 5.91 Å². The Bertz CT molecular complexity index is 1940. The molecule has 0 aromatic heterocycles. The Hall–Kier alpha value is -5.27. The molecular weight excluding hydrogens is 651 g/mol. The summed E-state index contributed by atoms with van der Waals surface area (Å²) in [6.07, 6.45) is -0.968. The molecule has 5 rings (SSSR count). The monoisotopic (exact) mass is 686 g/mol. The molecular formula is C35H35FN6O6S. The highest BCUT2D eigenvalue weighted by Crippen LogP contribution is 2.44. The highest BCUT2D eigenvalue weighted by atomic mass is 32.2. The van der Waals surface area contributed by atoms with Crippen LogP contribution in [0.25, 0.3) is 10.4 Å². The number of carbonyl (C=O) groups excluding carboxylic acids is 1. The first-order valence-electron chi connectivity index (χ1n) is 15.5. The highest BCUT2D eigenvalue weighted by molar-refractivity contribution is 7.91. The number of nitrogens with one attached hydrogen (secondary N) is 2. The number of rotatable bonds is 16. The normalized spacial score (nSPS) is 17.0. The molecule has 4 aromatic carbocycles. The molecule has 254 valence electrons. The van der Waals surface area contributed by atoms with Gasteiger partial charge in [-0.25, -0.2) is 23.2 Å². The first kappa shape index (κ1) is 35.0. The van der Waals surface area contributed by atoms with Gasteiger partial charge in [-0.05, 0) is 70.8 Å². The summed E-state index contributed by atoms with van der Waals surface area (Å²) >= 11 is 0. The Morgan fingerprint density at radius 2 is 1.80 bits per heavy atom. The molecule has 0 unspecified atom stereocenters. The van der Waals surface area contributed by atoms with Crippen LogP contribution in [-0.2, 0) is 32.5 Å². The maximum atomic E-state index is 14.4. The van der Waals surface area contributed by atoms with Gasteiger partial charge in [0, 0.05) is 36.5 Å². The second-order valence-electron chi connectivity index (χ2n) is 11.2. The van der Waals surface area contributed by atoms with Crippen molar-refractivity contribution >= 4 is 21.6 Å². The average Bonchev–Trinajstić information content (AvgIpc) is 3.51. The van der Waals surface area contributed by atoms with E-state index < -0.39 is 39.0 Å². The zero-order chi connectivity index (χ0) is 34.7. The zero-order valence-corrected chi connectivity index (χ0v) is 27.2. The van der Waals surface area contributed by atoms with Crippen LogP contribution in [0.3, 0.4) is 0 Å². The van der Waals surface area contributed by atoms with Gasteiger partial charge in [0.05, 0.1) is 23.8 Å². The lowest BCUT2D eigenvalue weighted by atomic mass is 9.83. The van der Waals surface area contributed by atoms with Gasteiger partial charge in [-0.1, -0.05) is 59.7 Å². The number of amides is 1. The van der Waals surface area contributed by atoms with Crippen LogP contribution in [0, 0.1) is 5.82 Å². The molecule has 0 saturated carbocycles. The predicted octanol–water partition coefficient (Wildman–Crippen LogP) is 5.34. The number of aliphatic imine (C=N–C) groups is 1. The van der Waals surface area contributed by atoms with E-state index in [0.29, 0.717) is 41.0 Å². The van der Waals surface area contributed by atoms with Crippen LogP contribution in [0.15, 0.2) is 118 Å². The minimum absolute atomic E-state index is 0.00744. The van der Waals surface area contributed by atoms with E-state index >= 15 is 0 Å². The lowest BCUT2D eigenvalue weighted by molar-refractivity contribution is -0.130. The zero-order valence-electron chi connectivity index (χ0n) is 26.4. The fraction of sp³-hybridized carbons (Fsp3) is 0.257. The second-order valence-corrected chi connectivity index (χ2v) is 13.3. The number of halogens is 1. The second kappa shape index (κ2) is 16.2. The number of nitrogens with zero attached hydrogens (tertiary/aromatic N) is 4. The molecule has 1 amide bonds. The van der Waals surface area contributed by atoms with Crippen LogP contribution < -0.4 is 15.6 Å². The van der Waals surface area contributed by atoms with E-state index in [1.54, 1.807) is 78.9 Å². The van der Waals surface area contributed by atoms with Gasteiger partial charge in [-0.3, -0.25) is 10.2 Å². The van der Waals surface area contributed by atoms with Crippen molar-refractivity contribution in [1.82, 2.24) is 10.9 Å². The maximum absolute atomic E-state index is 14.4. The molecule has 49 heavy (non-hydrogen) atoms. The molecule has 0 fully saturated rings. The van der Waals surface area contributed by atoms with Crippen molar-refractivity contribution < 1.29 is 32.2 Å². The Morgan fingerprint density at radius 1 is 1.04 bits per heavy atom. The summed E-state index contributed by atoms with van der Waals surface area (Å²) in [6, 6.07) is 27.5. The lowest BCUT2D eigenvalue weighted by Crippen LogP contribution is -2.53. The number of carbonyl (C=O) groups is 1. The van der Waals surface area contributed by atoms with Crippen molar-refractivity contribution in [2.24, 2.45) is 10.1 Å². The van der Waals surface area contributed by atoms with Gasteiger partial charge in [-0.15, -0.1) is 0 Å². The Morgan fingerprint density at radius 3 is 2.53 bits per heavy atom. The smallest absolute Gasteiger partial charge is 0.266 e. The first-order valence-corrected chi connectivity index (χ1v) is 17.2. The number of aliphatic hydroxyl groups excluding tert-OH is 1. The number of hydrogen-bond acceptors (Lipinski definition) is 9. The minimum Gasteiger partial charge on any atom is -0.494 e. The number of hydrogen-bond donors (Lipinski definition) is 3. The maximum Gasteiger partial charge on any atom is 0.266 e. The van der Waals surface area contributed by atoms with Crippen LogP contribution >= 0.6 is 0 Å². The van der Waals surface area contributed by atoms with Crippen LogP contribution in [-0.4, -0.2) is 49.8 Å². The molecule has 0 saturated heterocycles. The van der Waals surface area contributed by atoms with Crippen molar-refractivity contribution in [2.45, 2.75) is 42.5 Å². The van der Waals surface area contributed by atoms with Gasteiger partial charge >= 0.3 is 0 Å². The summed E-state index contributed by atoms with van der Waals surface area (Å²) in [6.45, 7) is 0.320. The summed E-state index contributed by atoms with van der Waals surface area (Å²) in [5.41, 5.74) is 14.8. The van der Waals surface area contributed by atoms with Gasteiger partial charge in [-0.2, -0.15) is 0 Å². The third-order valence-corrected chi connectivity index (χ3v) is 9.64. The third-order valence-electron chi connectivity index (χ3n) is 7.91. The van der Waals surface area contributed by atoms with Crippen LogP contribution in [0.2, 0.25) is 0 Å². The molecule has 1 heterocycles. The molecule has 0 radical (unpaired) electrons. The Labute approximate surface area is 283 Å². The average molecular weight is 687 g/mol. The van der Waals surface area contributed by atoms with Crippen molar-refractivity contribution in [3.63, 3.8) is 0 Å². The van der Waals surface area contributed by atoms with E-state index in [4.69, 9.17) is 25.1 Å². The van der Waals surface area contributed by atoms with E-state index in [1.165, 1.54) is 24.3 Å². The number of hydrazine groups is 1. The van der Waals surface area contributed by atoms with E-state index in [-0.39, 0.29) is 36.9 Å². The molecule has 1 aliphatic heterocycles. The molecule has 3 N–H and O–H groups in total. The van der Waals surface area contributed by atoms with Crippen molar-refractivity contribution in [3.8, 4) is 5.75 Å². The van der Waals surface area contributed by atoms with E-state index in [1.807, 2.05) is 0 Å². The molecule has 4 aromatic rings. The largest absolute Gasteiger partial charge is 0.494 e. The van der Waals surface area contributed by atoms with E-state index in [0.717, 1.165) is 0 Å². The van der Waals surface area contributed by atoms with Gasteiger partial charge in [0.15, 0.2) is 21.5 Å². The number of ether oxygens (including phenoxy) is 2. The van der Waals surface area contributed by atoms with Crippen LogP contribution in [0.5, 0.6) is 5.75 Å². The molecule has 0 bridgehead atoms. The van der Waals surface area contributed by atoms with Gasteiger partial charge in [0.2, 0.25) is 5.90 Å². The minimum atomic E-state index is -3.88. The van der Waals surface area contributed by atoms with E-state index in [9.17, 15) is 17.6 Å². The fourth-order valence-corrected chi connectivity index (χ4v) is 6.79. The van der Waals surface area contributed by atoms with E-state index in [2.05, 4.69) is 20.9 Å². The standard InChI is InChI=1S/C35H35FN6O6S/c36-28-10-6-8-25(22-28)23-38-41-34(44)35(18-21-49(45,46)30-11-2-1-3-12-30)32(31-13-5-4-9-27(31)24-39-42-37)48-33(40-35)26-14-16-29(17-15-26)47-20-7-19-43/h1-6,8-17,22,32,38,43H,7,18-21,23-24H2,(H,41,44)/t32-,35-/m0/s1. The highest BCUT2D eigenvalue weighted by Gasteiger charge is 2.54. The van der Waals surface area contributed by atoms with Crippen LogP contribution in [0.4, 0.5) is 4.39 Å². The first-order chi connectivity index (χ1) is 23.8. The fourth-order valence-electron chi connectivity index (χ4n) is 5.41. The Balaban J connectivity index is 1.56. The predicted molar refractivity (Wildman–Crippen MR) is 181 cm³/mol. The SMILES string of the molecule is [N-]=[N+]=NCc1ccccc1[C@@H]1OC(c2ccc(OCCCO)cc2)=N[C@]1(CCS(=O)(=O)c1ccccc1)C(=O)NNCc1cccc(F)c1. The van der Waals surface area contributed by atoms with Crippen molar-refractivity contribution in [3.05, 3.63) is 142 Å². The summed E-state index contributed by atoms with van der Waals surface area (Å²) in [7, 11) is -3.88. The Kier molecular flexibility index (Phi) is 11.6. The van der Waals surface area contributed by atoms with Crippen LogP contribution in [0.1, 0.15) is 41.2 Å². The number of sulfone groups is 1. The molecule has 1 aliphatic rings. The van der Waals surface area contributed by atoms with Crippen molar-refractivity contribution in [2.75, 3.05) is 19.0 Å². The number of aliphatic hydroxyl groups is 1. The summed E-state index contributed by atoms with van der Waals surface area (Å²) < 4.78 is 53.1.